The van der Waals surface area contributed by atoms with E-state index in [9.17, 15) is 0 Å². The zero-order valence-electron chi connectivity index (χ0n) is 7.41. The Morgan fingerprint density at radius 2 is 2.50 bits per heavy atom. The van der Waals surface area contributed by atoms with Crippen LogP contribution in [-0.2, 0) is 0 Å². The van der Waals surface area contributed by atoms with Crippen LogP contribution in [0.5, 0.6) is 0 Å². The first-order valence-electron chi connectivity index (χ1n) is 3.77. The second kappa shape index (κ2) is 3.74. The van der Waals surface area contributed by atoms with E-state index in [1.807, 2.05) is 36.9 Å². The van der Waals surface area contributed by atoms with Gasteiger partial charge in [0.15, 0.2) is 0 Å². The van der Waals surface area contributed by atoms with Gasteiger partial charge in [-0.3, -0.25) is 0 Å². The van der Waals surface area contributed by atoms with E-state index in [2.05, 4.69) is 17.3 Å². The number of allylic oxidation sites excluding steroid dienone is 2. The van der Waals surface area contributed by atoms with Crippen molar-refractivity contribution in [3.63, 3.8) is 0 Å². The molecule has 0 aliphatic heterocycles. The van der Waals surface area contributed by atoms with Gasteiger partial charge in [-0.25, -0.2) is 4.98 Å². The second-order valence-electron chi connectivity index (χ2n) is 2.62. The van der Waals surface area contributed by atoms with E-state index in [4.69, 9.17) is 0 Å². The molecule has 0 spiro atoms. The Morgan fingerprint density at radius 1 is 1.75 bits per heavy atom. The highest BCUT2D eigenvalue weighted by Gasteiger charge is 1.89. The quantitative estimate of drug-likeness (QED) is 0.480. The van der Waals surface area contributed by atoms with E-state index < -0.39 is 0 Å². The van der Waals surface area contributed by atoms with Crippen LogP contribution in [0, 0.1) is 6.92 Å². The molecule has 0 amide bonds. The summed E-state index contributed by atoms with van der Waals surface area (Å²) in [7, 11) is 0. The van der Waals surface area contributed by atoms with Gasteiger partial charge < -0.3 is 4.57 Å². The first-order chi connectivity index (χ1) is 5.74. The van der Waals surface area contributed by atoms with Crippen molar-refractivity contribution in [3.05, 3.63) is 42.2 Å². The molecule has 0 saturated carbocycles. The van der Waals surface area contributed by atoms with Crippen LogP contribution >= 0.6 is 0 Å². The number of imidazole rings is 1. The van der Waals surface area contributed by atoms with Crippen LogP contribution in [0.25, 0.3) is 6.20 Å². The Labute approximate surface area is 72.6 Å². The molecule has 12 heavy (non-hydrogen) atoms. The molecule has 1 rings (SSSR count). The van der Waals surface area contributed by atoms with E-state index in [-0.39, 0.29) is 0 Å². The summed E-state index contributed by atoms with van der Waals surface area (Å²) in [5, 5.41) is 0. The highest BCUT2D eigenvalue weighted by atomic mass is 15.0. The molecule has 62 valence electrons. The topological polar surface area (TPSA) is 17.8 Å². The summed E-state index contributed by atoms with van der Waals surface area (Å²) in [4.78, 5) is 3.99. The zero-order chi connectivity index (χ0) is 8.97. The minimum absolute atomic E-state index is 1.02. The van der Waals surface area contributed by atoms with E-state index in [0.29, 0.717) is 0 Å². The van der Waals surface area contributed by atoms with Crippen molar-refractivity contribution in [1.82, 2.24) is 9.55 Å². The van der Waals surface area contributed by atoms with E-state index in [1.165, 1.54) is 0 Å². The van der Waals surface area contributed by atoms with Crippen molar-refractivity contribution >= 4 is 6.20 Å². The Kier molecular flexibility index (Phi) is 2.67. The standard InChI is InChI=1S/C10H12N2/c1-4-9(2)5-6-12-8-11-7-10(12)3/h5-8H,1H2,2-3H3. The van der Waals surface area contributed by atoms with Crippen LogP contribution < -0.4 is 0 Å². The number of rotatable bonds is 2. The smallest absolute Gasteiger partial charge is 0.0989 e. The fraction of sp³-hybridized carbons (Fsp3) is 0.200. The SMILES string of the molecule is C=C=C(C)C=Cn1cncc1C. The Balaban J connectivity index is 2.83. The van der Waals surface area contributed by atoms with Gasteiger partial charge >= 0.3 is 0 Å². The van der Waals surface area contributed by atoms with Crippen molar-refractivity contribution in [2.75, 3.05) is 0 Å². The van der Waals surface area contributed by atoms with Gasteiger partial charge in [-0.2, -0.15) is 0 Å². The summed E-state index contributed by atoms with van der Waals surface area (Å²) in [6.45, 7) is 7.50. The number of nitrogens with zero attached hydrogens (tertiary/aromatic N) is 2. The summed E-state index contributed by atoms with van der Waals surface area (Å²) in [6.07, 6.45) is 7.47. The first-order valence-corrected chi connectivity index (χ1v) is 3.77. The first kappa shape index (κ1) is 8.57. The molecule has 0 bridgehead atoms. The van der Waals surface area contributed by atoms with Gasteiger partial charge in [-0.15, -0.1) is 5.73 Å². The average molecular weight is 160 g/mol. The van der Waals surface area contributed by atoms with Crippen molar-refractivity contribution in [3.8, 4) is 0 Å². The summed E-state index contributed by atoms with van der Waals surface area (Å²) >= 11 is 0. The van der Waals surface area contributed by atoms with Crippen LogP contribution in [0.2, 0.25) is 0 Å². The fourth-order valence-electron chi connectivity index (χ4n) is 0.778. The molecule has 0 fully saturated rings. The Bertz CT molecular complexity index is 338. The maximum atomic E-state index is 3.99. The summed E-state index contributed by atoms with van der Waals surface area (Å²) < 4.78 is 1.95. The molecular formula is C10H12N2. The fourth-order valence-corrected chi connectivity index (χ4v) is 0.778. The van der Waals surface area contributed by atoms with Crippen LogP contribution in [-0.4, -0.2) is 9.55 Å². The lowest BCUT2D eigenvalue weighted by atomic mass is 10.3. The molecule has 0 saturated heterocycles. The Hall–Kier alpha value is -1.53. The normalized spacial score (nSPS) is 10.2. The molecule has 2 nitrogen and oxygen atoms in total. The molecule has 1 aromatic heterocycles. The third kappa shape index (κ3) is 1.97. The highest BCUT2D eigenvalue weighted by Crippen LogP contribution is 1.99. The molecule has 1 heterocycles. The van der Waals surface area contributed by atoms with Crippen molar-refractivity contribution in [1.29, 1.82) is 0 Å². The molecule has 1 aromatic rings. The molecule has 2 heteroatoms. The number of aromatic nitrogens is 2. The van der Waals surface area contributed by atoms with Gasteiger partial charge in [0, 0.05) is 18.1 Å². The van der Waals surface area contributed by atoms with E-state index in [1.54, 1.807) is 6.33 Å². The maximum absolute atomic E-state index is 3.99. The van der Waals surface area contributed by atoms with E-state index >= 15 is 0 Å². The monoisotopic (exact) mass is 160 g/mol. The number of hydrogen-bond donors (Lipinski definition) is 0. The second-order valence-corrected chi connectivity index (χ2v) is 2.62. The lowest BCUT2D eigenvalue weighted by Gasteiger charge is -1.94. The molecule has 0 radical (unpaired) electrons. The maximum Gasteiger partial charge on any atom is 0.0989 e. The zero-order valence-corrected chi connectivity index (χ0v) is 7.41. The van der Waals surface area contributed by atoms with Gasteiger partial charge in [-0.1, -0.05) is 6.58 Å². The van der Waals surface area contributed by atoms with Gasteiger partial charge in [0.05, 0.1) is 6.33 Å². The third-order valence-corrected chi connectivity index (χ3v) is 1.62. The lowest BCUT2D eigenvalue weighted by Crippen LogP contribution is -1.85. The predicted octanol–water partition coefficient (Wildman–Crippen LogP) is 2.39. The third-order valence-electron chi connectivity index (χ3n) is 1.62. The summed E-state index contributed by atoms with van der Waals surface area (Å²) in [5.74, 6) is 0. The minimum atomic E-state index is 1.02. The summed E-state index contributed by atoms with van der Waals surface area (Å²) in [6, 6.07) is 0. The van der Waals surface area contributed by atoms with Crippen LogP contribution in [0.3, 0.4) is 0 Å². The van der Waals surface area contributed by atoms with Gasteiger partial charge in [-0.05, 0) is 25.5 Å². The minimum Gasteiger partial charge on any atom is -0.310 e. The number of aryl methyl sites for hydroxylation is 1. The highest BCUT2D eigenvalue weighted by molar-refractivity contribution is 5.33. The summed E-state index contributed by atoms with van der Waals surface area (Å²) in [5.41, 5.74) is 4.92. The largest absolute Gasteiger partial charge is 0.310 e. The molecular weight excluding hydrogens is 148 g/mol. The van der Waals surface area contributed by atoms with E-state index in [0.717, 1.165) is 11.3 Å². The van der Waals surface area contributed by atoms with Crippen LogP contribution in [0.15, 0.2) is 36.5 Å². The molecule has 0 unspecified atom stereocenters. The van der Waals surface area contributed by atoms with Crippen molar-refractivity contribution in [2.24, 2.45) is 0 Å². The predicted molar refractivity (Wildman–Crippen MR) is 50.6 cm³/mol. The van der Waals surface area contributed by atoms with Crippen LogP contribution in [0.1, 0.15) is 12.6 Å². The lowest BCUT2D eigenvalue weighted by molar-refractivity contribution is 1.07. The van der Waals surface area contributed by atoms with Crippen molar-refractivity contribution in [2.45, 2.75) is 13.8 Å². The van der Waals surface area contributed by atoms with Gasteiger partial charge in [0.1, 0.15) is 0 Å². The van der Waals surface area contributed by atoms with Gasteiger partial charge in [0.25, 0.3) is 0 Å². The molecule has 0 aromatic carbocycles. The molecule has 0 N–H and O–H groups in total. The number of hydrogen-bond acceptors (Lipinski definition) is 1. The molecule has 0 aliphatic carbocycles. The van der Waals surface area contributed by atoms with Crippen molar-refractivity contribution < 1.29 is 0 Å². The van der Waals surface area contributed by atoms with Gasteiger partial charge in [0.2, 0.25) is 0 Å². The molecule has 0 aliphatic rings. The average Bonchev–Trinajstić information content (AvgIpc) is 2.47. The van der Waals surface area contributed by atoms with Crippen LogP contribution in [0.4, 0.5) is 0 Å². The Morgan fingerprint density at radius 3 is 3.00 bits per heavy atom. The molecule has 0 atom stereocenters.